The number of hydrogen-bond acceptors (Lipinski definition) is 7. The monoisotopic (exact) mass is 351 g/mol. The molecule has 0 spiro atoms. The van der Waals surface area contributed by atoms with Gasteiger partial charge in [-0.05, 0) is 26.3 Å². The van der Waals surface area contributed by atoms with E-state index in [-0.39, 0.29) is 24.0 Å². The zero-order chi connectivity index (χ0) is 18.0. The second kappa shape index (κ2) is 7.80. The van der Waals surface area contributed by atoms with E-state index in [1.54, 1.807) is 0 Å². The van der Waals surface area contributed by atoms with Crippen molar-refractivity contribution in [3.05, 3.63) is 11.7 Å². The largest absolute Gasteiger partial charge is 0.364 e. The number of likely N-dealkylation sites (tertiary alicyclic amines) is 1. The van der Waals surface area contributed by atoms with Crippen LogP contribution in [0.5, 0.6) is 0 Å². The summed E-state index contributed by atoms with van der Waals surface area (Å²) in [6.07, 6.45) is 2.31. The fraction of sp³-hybridized carbons (Fsp3) is 0.824. The lowest BCUT2D eigenvalue weighted by Gasteiger charge is -2.24. The van der Waals surface area contributed by atoms with E-state index in [4.69, 9.17) is 15.0 Å². The number of nitrogens with zero attached hydrogens (tertiary/aromatic N) is 4. The maximum Gasteiger partial charge on any atom is 0.251 e. The van der Waals surface area contributed by atoms with Gasteiger partial charge in [-0.15, -0.1) is 0 Å². The van der Waals surface area contributed by atoms with Crippen molar-refractivity contribution in [3.8, 4) is 0 Å². The van der Waals surface area contributed by atoms with E-state index in [2.05, 4.69) is 15.0 Å². The van der Waals surface area contributed by atoms with E-state index < -0.39 is 0 Å². The number of carbonyl (C=O) groups is 1. The summed E-state index contributed by atoms with van der Waals surface area (Å²) in [6, 6.07) is 0.302. The SMILES string of the molecule is CC(C)c1nc(CN(C)C2CCN(C(=O)[C@@H]3CC[C@H](CN)O3)C2)no1. The third-order valence-corrected chi connectivity index (χ3v) is 5.11. The maximum atomic E-state index is 12.6. The molecule has 2 aliphatic heterocycles. The van der Waals surface area contributed by atoms with Gasteiger partial charge in [0.15, 0.2) is 5.82 Å². The van der Waals surface area contributed by atoms with Crippen LogP contribution >= 0.6 is 0 Å². The van der Waals surface area contributed by atoms with E-state index in [9.17, 15) is 4.79 Å². The van der Waals surface area contributed by atoms with E-state index in [0.29, 0.717) is 30.8 Å². The second-order valence-corrected chi connectivity index (χ2v) is 7.41. The molecule has 1 unspecified atom stereocenters. The van der Waals surface area contributed by atoms with Gasteiger partial charge in [0.25, 0.3) is 5.91 Å². The molecule has 0 bridgehead atoms. The van der Waals surface area contributed by atoms with Crippen LogP contribution in [-0.4, -0.2) is 70.8 Å². The van der Waals surface area contributed by atoms with Crippen LogP contribution in [0.2, 0.25) is 0 Å². The van der Waals surface area contributed by atoms with Gasteiger partial charge in [-0.25, -0.2) is 0 Å². The molecule has 1 amide bonds. The molecule has 140 valence electrons. The number of rotatable bonds is 6. The molecule has 0 aromatic carbocycles. The van der Waals surface area contributed by atoms with Gasteiger partial charge in [0, 0.05) is 31.6 Å². The molecule has 1 aromatic rings. The third kappa shape index (κ3) is 4.19. The molecule has 0 radical (unpaired) electrons. The summed E-state index contributed by atoms with van der Waals surface area (Å²) >= 11 is 0. The van der Waals surface area contributed by atoms with Crippen molar-refractivity contribution in [2.24, 2.45) is 5.73 Å². The summed E-state index contributed by atoms with van der Waals surface area (Å²) in [5, 5.41) is 4.04. The maximum absolute atomic E-state index is 12.6. The average Bonchev–Trinajstić information content (AvgIpc) is 3.33. The zero-order valence-corrected chi connectivity index (χ0v) is 15.4. The van der Waals surface area contributed by atoms with Gasteiger partial charge in [-0.2, -0.15) is 4.98 Å². The molecule has 2 saturated heterocycles. The molecule has 8 heteroatoms. The fourth-order valence-electron chi connectivity index (χ4n) is 3.48. The highest BCUT2D eigenvalue weighted by Gasteiger charge is 2.36. The highest BCUT2D eigenvalue weighted by Crippen LogP contribution is 2.24. The van der Waals surface area contributed by atoms with Crippen molar-refractivity contribution in [3.63, 3.8) is 0 Å². The molecular weight excluding hydrogens is 322 g/mol. The lowest BCUT2D eigenvalue weighted by Crippen LogP contribution is -2.41. The highest BCUT2D eigenvalue weighted by atomic mass is 16.5. The smallest absolute Gasteiger partial charge is 0.251 e. The first kappa shape index (κ1) is 18.3. The number of hydrogen-bond donors (Lipinski definition) is 1. The minimum Gasteiger partial charge on any atom is -0.364 e. The molecule has 25 heavy (non-hydrogen) atoms. The topological polar surface area (TPSA) is 97.7 Å². The average molecular weight is 351 g/mol. The van der Waals surface area contributed by atoms with Gasteiger partial charge in [0.05, 0.1) is 12.6 Å². The van der Waals surface area contributed by atoms with Crippen LogP contribution in [0.15, 0.2) is 4.52 Å². The predicted molar refractivity (Wildman–Crippen MR) is 91.8 cm³/mol. The van der Waals surface area contributed by atoms with Crippen molar-refractivity contribution in [1.29, 1.82) is 0 Å². The molecule has 2 fully saturated rings. The molecule has 2 aliphatic rings. The number of aromatic nitrogens is 2. The van der Waals surface area contributed by atoms with Gasteiger partial charge in [0.1, 0.15) is 6.10 Å². The highest BCUT2D eigenvalue weighted by molar-refractivity contribution is 5.81. The Morgan fingerprint density at radius 2 is 2.20 bits per heavy atom. The normalized spacial score (nSPS) is 27.0. The minimum atomic E-state index is -0.316. The summed E-state index contributed by atoms with van der Waals surface area (Å²) < 4.78 is 11.0. The molecule has 0 saturated carbocycles. The Hall–Kier alpha value is -1.51. The lowest BCUT2D eigenvalue weighted by molar-refractivity contribution is -0.141. The first-order valence-corrected chi connectivity index (χ1v) is 9.15. The summed E-state index contributed by atoms with van der Waals surface area (Å²) in [7, 11) is 2.04. The van der Waals surface area contributed by atoms with Crippen molar-refractivity contribution in [2.45, 2.75) is 63.8 Å². The molecular formula is C17H29N5O3. The Balaban J connectivity index is 1.50. The third-order valence-electron chi connectivity index (χ3n) is 5.11. The summed E-state index contributed by atoms with van der Waals surface area (Å²) in [4.78, 5) is 21.2. The van der Waals surface area contributed by atoms with Gasteiger partial charge >= 0.3 is 0 Å². The van der Waals surface area contributed by atoms with Crippen LogP contribution in [0.3, 0.4) is 0 Å². The van der Waals surface area contributed by atoms with Crippen LogP contribution in [0.25, 0.3) is 0 Å². The van der Waals surface area contributed by atoms with Crippen molar-refractivity contribution in [2.75, 3.05) is 26.7 Å². The van der Waals surface area contributed by atoms with Crippen molar-refractivity contribution >= 4 is 5.91 Å². The number of carbonyl (C=O) groups excluding carboxylic acids is 1. The van der Waals surface area contributed by atoms with Gasteiger partial charge in [-0.1, -0.05) is 19.0 Å². The van der Waals surface area contributed by atoms with E-state index >= 15 is 0 Å². The summed E-state index contributed by atoms with van der Waals surface area (Å²) in [5.41, 5.74) is 5.63. The van der Waals surface area contributed by atoms with Crippen LogP contribution in [0.4, 0.5) is 0 Å². The molecule has 2 N–H and O–H groups in total. The Labute approximate surface area is 148 Å². The summed E-state index contributed by atoms with van der Waals surface area (Å²) in [5.74, 6) is 1.70. The van der Waals surface area contributed by atoms with Crippen LogP contribution in [0.1, 0.15) is 50.7 Å². The Morgan fingerprint density at radius 3 is 2.84 bits per heavy atom. The Morgan fingerprint density at radius 1 is 1.40 bits per heavy atom. The van der Waals surface area contributed by atoms with Crippen LogP contribution in [0, 0.1) is 0 Å². The van der Waals surface area contributed by atoms with Crippen LogP contribution in [-0.2, 0) is 16.1 Å². The Bertz CT molecular complexity index is 591. The number of likely N-dealkylation sites (N-methyl/N-ethyl adjacent to an activating group) is 1. The van der Waals surface area contributed by atoms with E-state index in [0.717, 1.165) is 32.4 Å². The first-order chi connectivity index (χ1) is 12.0. The molecule has 3 rings (SSSR count). The zero-order valence-electron chi connectivity index (χ0n) is 15.4. The molecule has 3 atom stereocenters. The Kier molecular flexibility index (Phi) is 5.71. The molecule has 1 aromatic heterocycles. The number of amides is 1. The molecule has 0 aliphatic carbocycles. The summed E-state index contributed by atoms with van der Waals surface area (Å²) in [6.45, 7) is 6.65. The van der Waals surface area contributed by atoms with E-state index in [1.165, 1.54) is 0 Å². The van der Waals surface area contributed by atoms with Gasteiger partial charge in [0.2, 0.25) is 5.89 Å². The lowest BCUT2D eigenvalue weighted by atomic mass is 10.2. The first-order valence-electron chi connectivity index (χ1n) is 9.15. The number of ether oxygens (including phenoxy) is 1. The van der Waals surface area contributed by atoms with E-state index in [1.807, 2.05) is 25.8 Å². The van der Waals surface area contributed by atoms with Crippen LogP contribution < -0.4 is 5.73 Å². The van der Waals surface area contributed by atoms with Gasteiger partial charge < -0.3 is 19.9 Å². The quantitative estimate of drug-likeness (QED) is 0.807. The standard InChI is InChI=1S/C17H29N5O3/c1-11(2)16-19-15(20-25-16)10-21(3)12-6-7-22(9-12)17(23)14-5-4-13(8-18)24-14/h11-14H,4-10,18H2,1-3H3/t12?,13-,14+/m1/s1. The van der Waals surface area contributed by atoms with Gasteiger partial charge in [-0.3, -0.25) is 9.69 Å². The predicted octanol–water partition coefficient (Wildman–Crippen LogP) is 0.732. The molecule has 8 nitrogen and oxygen atoms in total. The second-order valence-electron chi connectivity index (χ2n) is 7.41. The van der Waals surface area contributed by atoms with Crippen molar-refractivity contribution < 1.29 is 14.1 Å². The fourth-order valence-corrected chi connectivity index (χ4v) is 3.48. The van der Waals surface area contributed by atoms with Crippen molar-refractivity contribution in [1.82, 2.24) is 19.9 Å². The molecule has 3 heterocycles. The minimum absolute atomic E-state index is 0.0309. The number of nitrogens with two attached hydrogens (primary N) is 1.